The van der Waals surface area contributed by atoms with E-state index in [0.29, 0.717) is 31.7 Å². The third kappa shape index (κ3) is 3.97. The largest absolute Gasteiger partial charge is 0.481 e. The second-order valence-corrected chi connectivity index (χ2v) is 5.98. The lowest BCUT2D eigenvalue weighted by Gasteiger charge is -2.32. The van der Waals surface area contributed by atoms with Gasteiger partial charge < -0.3 is 14.7 Å². The molecule has 1 N–H and O–H groups in total. The molecule has 0 spiro atoms. The summed E-state index contributed by atoms with van der Waals surface area (Å²) in [7, 11) is 0. The Morgan fingerprint density at radius 3 is 2.52 bits per heavy atom. The van der Waals surface area contributed by atoms with Gasteiger partial charge in [0.05, 0.1) is 10.4 Å². The number of hydrogen-bond acceptors (Lipinski definition) is 3. The van der Waals surface area contributed by atoms with Crippen molar-refractivity contribution in [2.24, 2.45) is 5.92 Å². The van der Waals surface area contributed by atoms with Crippen molar-refractivity contribution < 1.29 is 19.4 Å². The zero-order valence-corrected chi connectivity index (χ0v) is 13.4. The fourth-order valence-electron chi connectivity index (χ4n) is 2.39. The van der Waals surface area contributed by atoms with E-state index in [1.807, 2.05) is 18.2 Å². The van der Waals surface area contributed by atoms with Crippen LogP contribution in [0.4, 0.5) is 0 Å². The minimum absolute atomic E-state index is 0.102. The zero-order valence-electron chi connectivity index (χ0n) is 11.8. The molecular formula is C15H18BrNO4. The number of halogens is 1. The van der Waals surface area contributed by atoms with E-state index in [9.17, 15) is 9.59 Å². The molecule has 5 nitrogen and oxygen atoms in total. The van der Waals surface area contributed by atoms with Crippen LogP contribution in [0.1, 0.15) is 19.8 Å². The monoisotopic (exact) mass is 355 g/mol. The van der Waals surface area contributed by atoms with Crippen LogP contribution < -0.4 is 4.74 Å². The number of carbonyl (C=O) groups is 2. The van der Waals surface area contributed by atoms with Crippen molar-refractivity contribution in [2.75, 3.05) is 13.1 Å². The standard InChI is InChI=1S/C15H18BrNO4/c1-10(21-13-5-3-2-4-12(13)16)14(18)17-8-6-11(7-9-17)15(19)20/h2-5,10-11H,6-9H2,1H3,(H,19,20)/t10-/m0/s1. The van der Waals surface area contributed by atoms with Gasteiger partial charge in [0.1, 0.15) is 5.75 Å². The number of ether oxygens (including phenoxy) is 1. The van der Waals surface area contributed by atoms with E-state index in [-0.39, 0.29) is 11.8 Å². The highest BCUT2D eigenvalue weighted by atomic mass is 79.9. The Kier molecular flexibility index (Phi) is 5.22. The Bertz CT molecular complexity index is 526. The van der Waals surface area contributed by atoms with Crippen LogP contribution in [-0.2, 0) is 9.59 Å². The zero-order chi connectivity index (χ0) is 15.4. The summed E-state index contributed by atoms with van der Waals surface area (Å²) in [6, 6.07) is 7.37. The Hall–Kier alpha value is -1.56. The number of benzene rings is 1. The fraction of sp³-hybridized carbons (Fsp3) is 0.467. The predicted octanol–water partition coefficient (Wildman–Crippen LogP) is 2.54. The van der Waals surface area contributed by atoms with E-state index >= 15 is 0 Å². The van der Waals surface area contributed by atoms with Crippen molar-refractivity contribution in [1.82, 2.24) is 4.90 Å². The highest BCUT2D eigenvalue weighted by molar-refractivity contribution is 9.10. The SMILES string of the molecule is C[C@H](Oc1ccccc1Br)C(=O)N1CCC(C(=O)O)CC1. The second kappa shape index (κ2) is 6.93. The summed E-state index contributed by atoms with van der Waals surface area (Å²) in [4.78, 5) is 24.9. The molecule has 1 amide bonds. The predicted molar refractivity (Wildman–Crippen MR) is 81.2 cm³/mol. The molecule has 2 rings (SSSR count). The Balaban J connectivity index is 1.92. The van der Waals surface area contributed by atoms with Gasteiger partial charge in [0.2, 0.25) is 0 Å². The number of nitrogens with zero attached hydrogens (tertiary/aromatic N) is 1. The summed E-state index contributed by atoms with van der Waals surface area (Å²) >= 11 is 3.38. The average molecular weight is 356 g/mol. The molecule has 114 valence electrons. The van der Waals surface area contributed by atoms with E-state index in [4.69, 9.17) is 9.84 Å². The molecule has 21 heavy (non-hydrogen) atoms. The van der Waals surface area contributed by atoms with Crippen LogP contribution >= 0.6 is 15.9 Å². The van der Waals surface area contributed by atoms with Gasteiger partial charge in [-0.3, -0.25) is 9.59 Å². The van der Waals surface area contributed by atoms with Crippen molar-refractivity contribution >= 4 is 27.8 Å². The molecule has 1 aliphatic heterocycles. The minimum atomic E-state index is -0.778. The lowest BCUT2D eigenvalue weighted by molar-refractivity contribution is -0.147. The number of aliphatic carboxylic acids is 1. The summed E-state index contributed by atoms with van der Waals surface area (Å²) in [5.41, 5.74) is 0. The molecule has 0 saturated carbocycles. The Morgan fingerprint density at radius 2 is 1.95 bits per heavy atom. The van der Waals surface area contributed by atoms with Crippen LogP contribution in [0.15, 0.2) is 28.7 Å². The van der Waals surface area contributed by atoms with E-state index in [1.54, 1.807) is 17.9 Å². The minimum Gasteiger partial charge on any atom is -0.481 e. The molecule has 1 aliphatic rings. The molecular weight excluding hydrogens is 338 g/mol. The highest BCUT2D eigenvalue weighted by Gasteiger charge is 2.29. The van der Waals surface area contributed by atoms with Gasteiger partial charge in [-0.05, 0) is 47.8 Å². The molecule has 6 heteroatoms. The number of piperidine rings is 1. The Morgan fingerprint density at radius 1 is 1.33 bits per heavy atom. The van der Waals surface area contributed by atoms with Gasteiger partial charge >= 0.3 is 5.97 Å². The summed E-state index contributed by atoms with van der Waals surface area (Å²) in [6.07, 6.45) is 0.413. The summed E-state index contributed by atoms with van der Waals surface area (Å²) < 4.78 is 6.48. The molecule has 1 saturated heterocycles. The van der Waals surface area contributed by atoms with E-state index < -0.39 is 12.1 Å². The van der Waals surface area contributed by atoms with Gasteiger partial charge in [-0.25, -0.2) is 0 Å². The van der Waals surface area contributed by atoms with Gasteiger partial charge in [0.25, 0.3) is 5.91 Å². The first-order chi connectivity index (χ1) is 9.99. The normalized spacial score (nSPS) is 17.3. The maximum Gasteiger partial charge on any atom is 0.306 e. The van der Waals surface area contributed by atoms with Crippen LogP contribution in [0.5, 0.6) is 5.75 Å². The molecule has 1 aromatic carbocycles. The first kappa shape index (κ1) is 15.8. The number of hydrogen-bond donors (Lipinski definition) is 1. The van der Waals surface area contributed by atoms with Crippen molar-refractivity contribution in [3.8, 4) is 5.75 Å². The molecule has 0 aliphatic carbocycles. The van der Waals surface area contributed by atoms with Gasteiger partial charge in [-0.2, -0.15) is 0 Å². The van der Waals surface area contributed by atoms with Gasteiger partial charge in [0.15, 0.2) is 6.10 Å². The number of rotatable bonds is 4. The topological polar surface area (TPSA) is 66.8 Å². The summed E-state index contributed by atoms with van der Waals surface area (Å²) in [5.74, 6) is -0.596. The lowest BCUT2D eigenvalue weighted by atomic mass is 9.97. The quantitative estimate of drug-likeness (QED) is 0.900. The van der Waals surface area contributed by atoms with Crippen LogP contribution in [0.2, 0.25) is 0 Å². The fourth-order valence-corrected chi connectivity index (χ4v) is 2.76. The first-order valence-corrected chi connectivity index (χ1v) is 7.71. The molecule has 1 heterocycles. The van der Waals surface area contributed by atoms with E-state index in [0.717, 1.165) is 4.47 Å². The summed E-state index contributed by atoms with van der Waals surface area (Å²) in [5, 5.41) is 8.96. The molecule has 1 atom stereocenters. The molecule has 0 unspecified atom stereocenters. The third-order valence-electron chi connectivity index (χ3n) is 3.64. The van der Waals surface area contributed by atoms with Crippen LogP contribution in [0.3, 0.4) is 0 Å². The van der Waals surface area contributed by atoms with Crippen molar-refractivity contribution in [1.29, 1.82) is 0 Å². The molecule has 1 fully saturated rings. The van der Waals surface area contributed by atoms with Gasteiger partial charge in [-0.15, -0.1) is 0 Å². The molecule has 0 aromatic heterocycles. The van der Waals surface area contributed by atoms with Gasteiger partial charge in [0, 0.05) is 13.1 Å². The number of para-hydroxylation sites is 1. The number of carboxylic acids is 1. The summed E-state index contributed by atoms with van der Waals surface area (Å²) in [6.45, 7) is 2.66. The van der Waals surface area contributed by atoms with Crippen molar-refractivity contribution in [2.45, 2.75) is 25.9 Å². The first-order valence-electron chi connectivity index (χ1n) is 6.92. The van der Waals surface area contributed by atoms with Crippen LogP contribution in [0.25, 0.3) is 0 Å². The van der Waals surface area contributed by atoms with Crippen molar-refractivity contribution in [3.63, 3.8) is 0 Å². The number of amides is 1. The number of carboxylic acid groups (broad SMARTS) is 1. The van der Waals surface area contributed by atoms with Crippen LogP contribution in [-0.4, -0.2) is 41.1 Å². The average Bonchev–Trinajstić information content (AvgIpc) is 2.49. The highest BCUT2D eigenvalue weighted by Crippen LogP contribution is 2.25. The smallest absolute Gasteiger partial charge is 0.306 e. The second-order valence-electron chi connectivity index (χ2n) is 5.13. The molecule has 1 aromatic rings. The Labute approximate surface area is 132 Å². The maximum atomic E-state index is 12.3. The van der Waals surface area contributed by atoms with E-state index in [1.165, 1.54) is 0 Å². The van der Waals surface area contributed by atoms with Gasteiger partial charge in [-0.1, -0.05) is 12.1 Å². The van der Waals surface area contributed by atoms with Crippen molar-refractivity contribution in [3.05, 3.63) is 28.7 Å². The lowest BCUT2D eigenvalue weighted by Crippen LogP contribution is -2.45. The maximum absolute atomic E-state index is 12.3. The molecule has 0 radical (unpaired) electrons. The third-order valence-corrected chi connectivity index (χ3v) is 4.30. The van der Waals surface area contributed by atoms with Crippen LogP contribution in [0, 0.1) is 5.92 Å². The number of carbonyl (C=O) groups excluding carboxylic acids is 1. The van der Waals surface area contributed by atoms with E-state index in [2.05, 4.69) is 15.9 Å². The number of likely N-dealkylation sites (tertiary alicyclic amines) is 1. The molecule has 0 bridgehead atoms.